The molecule has 2 saturated heterocycles. The van der Waals surface area contributed by atoms with Gasteiger partial charge in [-0.25, -0.2) is 9.59 Å². The van der Waals surface area contributed by atoms with Crippen LogP contribution in [0, 0.1) is 0 Å². The quantitative estimate of drug-likeness (QED) is 0.833. The summed E-state index contributed by atoms with van der Waals surface area (Å²) in [5.74, 6) is 0.584. The first kappa shape index (κ1) is 20.6. The molecule has 2 bridgehead atoms. The van der Waals surface area contributed by atoms with E-state index < -0.39 is 11.8 Å². The van der Waals surface area contributed by atoms with Crippen molar-refractivity contribution in [3.05, 3.63) is 28.7 Å². The van der Waals surface area contributed by atoms with Crippen LogP contribution in [-0.4, -0.2) is 52.9 Å². The van der Waals surface area contributed by atoms with Crippen LogP contribution in [0.3, 0.4) is 0 Å². The Morgan fingerprint density at radius 1 is 1.19 bits per heavy atom. The highest BCUT2D eigenvalue weighted by Crippen LogP contribution is 2.35. The summed E-state index contributed by atoms with van der Waals surface area (Å²) in [4.78, 5) is 29.8. The first-order chi connectivity index (χ1) is 11.6. The van der Waals surface area contributed by atoms with Crippen LogP contribution < -0.4 is 10.4 Å². The maximum atomic E-state index is 12.6. The SMILES string of the molecule is COc1ccc2[nH]c(=O)n(C(=O)OC3C[C@H]4CC[C@@H](C3)N4C)c2c1.Cl.Cl. The lowest BCUT2D eigenvalue weighted by Crippen LogP contribution is -2.44. The van der Waals surface area contributed by atoms with Crippen LogP contribution in [0.4, 0.5) is 4.79 Å². The number of aromatic amines is 1. The lowest BCUT2D eigenvalue weighted by Gasteiger charge is -2.35. The van der Waals surface area contributed by atoms with Crippen molar-refractivity contribution in [1.82, 2.24) is 14.5 Å². The molecule has 1 unspecified atom stereocenters. The van der Waals surface area contributed by atoms with E-state index in [9.17, 15) is 9.59 Å². The van der Waals surface area contributed by atoms with E-state index >= 15 is 0 Å². The normalized spacial score (nSPS) is 24.6. The molecule has 2 aliphatic heterocycles. The second kappa shape index (κ2) is 7.90. The summed E-state index contributed by atoms with van der Waals surface area (Å²) in [5.41, 5.74) is 0.570. The van der Waals surface area contributed by atoms with Gasteiger partial charge in [-0.05, 0) is 32.0 Å². The molecule has 1 N–H and O–H groups in total. The Labute approximate surface area is 163 Å². The van der Waals surface area contributed by atoms with Crippen molar-refractivity contribution >= 4 is 41.9 Å². The van der Waals surface area contributed by atoms with Gasteiger partial charge in [0, 0.05) is 31.0 Å². The minimum Gasteiger partial charge on any atom is -0.497 e. The fraction of sp³-hybridized carbons (Fsp3) is 0.529. The number of aromatic nitrogens is 2. The zero-order valence-electron chi connectivity index (χ0n) is 14.6. The van der Waals surface area contributed by atoms with Gasteiger partial charge >= 0.3 is 11.8 Å². The van der Waals surface area contributed by atoms with E-state index in [4.69, 9.17) is 9.47 Å². The summed E-state index contributed by atoms with van der Waals surface area (Å²) in [6.45, 7) is 0. The molecular formula is C17H23Cl2N3O4. The minimum atomic E-state index is -0.617. The summed E-state index contributed by atoms with van der Waals surface area (Å²) < 4.78 is 11.9. The van der Waals surface area contributed by atoms with Crippen molar-refractivity contribution in [2.75, 3.05) is 14.2 Å². The zero-order chi connectivity index (χ0) is 16.8. The molecule has 0 amide bonds. The molecule has 1 aromatic heterocycles. The standard InChI is InChI=1S/C17H21N3O4.2ClH/c1-19-10-3-4-11(19)8-13(7-10)24-17(22)20-15-9-12(23-2)5-6-14(15)18-16(20)21;;/h5-6,9-11,13H,3-4,7-8H2,1-2H3,(H,18,21);2*1H/t10-,11+,13?;;. The van der Waals surface area contributed by atoms with E-state index in [-0.39, 0.29) is 30.9 Å². The number of fused-ring (bicyclic) bond motifs is 3. The van der Waals surface area contributed by atoms with E-state index in [0.29, 0.717) is 28.9 Å². The number of hydrogen-bond donors (Lipinski definition) is 1. The lowest BCUT2D eigenvalue weighted by molar-refractivity contribution is 0.0290. The second-order valence-corrected chi connectivity index (χ2v) is 6.68. The number of hydrogen-bond acceptors (Lipinski definition) is 5. The molecule has 0 aliphatic carbocycles. The van der Waals surface area contributed by atoms with Crippen molar-refractivity contribution in [2.45, 2.75) is 43.9 Å². The number of carbonyl (C=O) groups is 1. The molecule has 9 heteroatoms. The number of benzene rings is 1. The van der Waals surface area contributed by atoms with Crippen LogP contribution in [0.25, 0.3) is 11.0 Å². The van der Waals surface area contributed by atoms with E-state index in [1.807, 2.05) is 0 Å². The van der Waals surface area contributed by atoms with Crippen LogP contribution in [0.1, 0.15) is 25.7 Å². The number of imidazole rings is 1. The smallest absolute Gasteiger partial charge is 0.423 e. The molecule has 3 atom stereocenters. The predicted octanol–water partition coefficient (Wildman–Crippen LogP) is 2.79. The molecule has 26 heavy (non-hydrogen) atoms. The van der Waals surface area contributed by atoms with Gasteiger partial charge < -0.3 is 19.4 Å². The highest BCUT2D eigenvalue weighted by Gasteiger charge is 2.40. The van der Waals surface area contributed by atoms with Crippen LogP contribution in [-0.2, 0) is 4.74 Å². The number of nitrogens with one attached hydrogen (secondary N) is 1. The van der Waals surface area contributed by atoms with Crippen LogP contribution in [0.5, 0.6) is 5.75 Å². The number of halogens is 2. The molecule has 3 heterocycles. The number of ether oxygens (including phenoxy) is 2. The van der Waals surface area contributed by atoms with E-state index in [0.717, 1.165) is 30.3 Å². The number of methoxy groups -OCH3 is 1. The van der Waals surface area contributed by atoms with Crippen molar-refractivity contribution in [3.8, 4) is 5.75 Å². The number of rotatable bonds is 2. The van der Waals surface area contributed by atoms with Gasteiger partial charge in [0.2, 0.25) is 0 Å². The predicted molar refractivity (Wildman–Crippen MR) is 103 cm³/mol. The Kier molecular flexibility index (Phi) is 6.26. The third kappa shape index (κ3) is 3.43. The molecule has 0 spiro atoms. The first-order valence-corrected chi connectivity index (χ1v) is 8.28. The maximum absolute atomic E-state index is 12.6. The van der Waals surface area contributed by atoms with Crippen LogP contribution in [0.15, 0.2) is 23.0 Å². The molecule has 0 radical (unpaired) electrons. The van der Waals surface area contributed by atoms with Gasteiger partial charge in [-0.3, -0.25) is 0 Å². The van der Waals surface area contributed by atoms with Crippen molar-refractivity contribution in [3.63, 3.8) is 0 Å². The number of carbonyl (C=O) groups excluding carboxylic acids is 1. The molecule has 4 rings (SSSR count). The Balaban J connectivity index is 0.00000121. The Hall–Kier alpha value is -1.70. The van der Waals surface area contributed by atoms with E-state index in [2.05, 4.69) is 16.9 Å². The molecule has 7 nitrogen and oxygen atoms in total. The number of piperidine rings is 1. The van der Waals surface area contributed by atoms with Crippen LogP contribution in [0.2, 0.25) is 0 Å². The third-order valence-electron chi connectivity index (χ3n) is 5.40. The zero-order valence-corrected chi connectivity index (χ0v) is 16.3. The second-order valence-electron chi connectivity index (χ2n) is 6.68. The van der Waals surface area contributed by atoms with Crippen molar-refractivity contribution in [2.24, 2.45) is 0 Å². The van der Waals surface area contributed by atoms with Gasteiger partial charge in [0.05, 0.1) is 18.1 Å². The Morgan fingerprint density at radius 3 is 2.46 bits per heavy atom. The topological polar surface area (TPSA) is 76.6 Å². The van der Waals surface area contributed by atoms with Crippen molar-refractivity contribution < 1.29 is 14.3 Å². The molecule has 2 aromatic rings. The molecule has 144 valence electrons. The average molecular weight is 404 g/mol. The number of H-pyrrole nitrogens is 1. The fourth-order valence-electron chi connectivity index (χ4n) is 4.04. The summed E-state index contributed by atoms with van der Waals surface area (Å²) in [6, 6.07) is 6.06. The monoisotopic (exact) mass is 403 g/mol. The molecule has 0 saturated carbocycles. The summed E-state index contributed by atoms with van der Waals surface area (Å²) in [5, 5.41) is 0. The Bertz CT molecular complexity index is 836. The van der Waals surface area contributed by atoms with Gasteiger partial charge in [0.1, 0.15) is 11.9 Å². The fourth-order valence-corrected chi connectivity index (χ4v) is 4.04. The van der Waals surface area contributed by atoms with Gasteiger partial charge in [0.25, 0.3) is 0 Å². The van der Waals surface area contributed by atoms with Gasteiger partial charge in [0.15, 0.2) is 0 Å². The summed E-state index contributed by atoms with van der Waals surface area (Å²) >= 11 is 0. The highest BCUT2D eigenvalue weighted by molar-refractivity contribution is 5.87. The van der Waals surface area contributed by atoms with Crippen molar-refractivity contribution in [1.29, 1.82) is 0 Å². The van der Waals surface area contributed by atoms with Gasteiger partial charge in [-0.15, -0.1) is 24.8 Å². The minimum absolute atomic E-state index is 0. The molecular weight excluding hydrogens is 381 g/mol. The lowest BCUT2D eigenvalue weighted by atomic mass is 10.0. The molecule has 2 fully saturated rings. The largest absolute Gasteiger partial charge is 0.497 e. The average Bonchev–Trinajstić information content (AvgIpc) is 2.97. The van der Waals surface area contributed by atoms with Gasteiger partial charge in [-0.2, -0.15) is 4.57 Å². The van der Waals surface area contributed by atoms with Gasteiger partial charge in [-0.1, -0.05) is 0 Å². The number of nitrogens with zero attached hydrogens (tertiary/aromatic N) is 2. The third-order valence-corrected chi connectivity index (χ3v) is 5.40. The molecule has 1 aromatic carbocycles. The summed E-state index contributed by atoms with van der Waals surface area (Å²) in [7, 11) is 3.68. The Morgan fingerprint density at radius 2 is 1.85 bits per heavy atom. The molecule has 2 aliphatic rings. The summed E-state index contributed by atoms with van der Waals surface area (Å²) in [6.07, 6.45) is 3.22. The van der Waals surface area contributed by atoms with Crippen LogP contribution >= 0.6 is 24.8 Å². The van der Waals surface area contributed by atoms with E-state index in [1.165, 1.54) is 0 Å². The maximum Gasteiger partial charge on any atom is 0.423 e. The first-order valence-electron chi connectivity index (χ1n) is 8.28. The highest BCUT2D eigenvalue weighted by atomic mass is 35.5. The van der Waals surface area contributed by atoms with E-state index in [1.54, 1.807) is 25.3 Å².